The first-order chi connectivity index (χ1) is 9.15. The van der Waals surface area contributed by atoms with E-state index in [9.17, 15) is 18.2 Å². The fraction of sp³-hybridized carbons (Fsp3) is 0.500. The number of hydrogen-bond acceptors (Lipinski definition) is 3. The summed E-state index contributed by atoms with van der Waals surface area (Å²) >= 11 is 2.92. The van der Waals surface area contributed by atoms with Crippen molar-refractivity contribution in [2.75, 3.05) is 0 Å². The van der Waals surface area contributed by atoms with Gasteiger partial charge in [-0.2, -0.15) is 8.78 Å². The fourth-order valence-corrected chi connectivity index (χ4v) is 3.53. The summed E-state index contributed by atoms with van der Waals surface area (Å²) in [5.41, 5.74) is -4.28. The van der Waals surface area contributed by atoms with E-state index in [0.717, 1.165) is 6.07 Å². The first kappa shape index (κ1) is 17.7. The Balaban J connectivity index is 3.18. The van der Waals surface area contributed by atoms with E-state index in [0.29, 0.717) is 12.0 Å². The maximum absolute atomic E-state index is 14.2. The Morgan fingerprint density at radius 1 is 1.50 bits per heavy atom. The number of aliphatic hydroxyl groups is 1. The lowest BCUT2D eigenvalue weighted by Gasteiger charge is -2.25. The van der Waals surface area contributed by atoms with E-state index >= 15 is 0 Å². The lowest BCUT2D eigenvalue weighted by molar-refractivity contribution is 0.0341. The minimum absolute atomic E-state index is 0.0592. The van der Waals surface area contributed by atoms with E-state index in [1.54, 1.807) is 6.92 Å². The third-order valence-electron chi connectivity index (χ3n) is 2.79. The average Bonchev–Trinajstić information content (AvgIpc) is 2.37. The van der Waals surface area contributed by atoms with Crippen LogP contribution in [0.4, 0.5) is 8.78 Å². The van der Waals surface area contributed by atoms with Crippen LogP contribution in [0.15, 0.2) is 22.7 Å². The third-order valence-corrected chi connectivity index (χ3v) is 5.05. The predicted molar refractivity (Wildman–Crippen MR) is 74.6 cm³/mol. The smallest absolute Gasteiger partial charge is 0.392 e. The molecule has 0 aliphatic rings. The molecule has 1 rings (SSSR count). The first-order valence-electron chi connectivity index (χ1n) is 5.94. The molecule has 0 saturated heterocycles. The molecule has 0 fully saturated rings. The molecule has 20 heavy (non-hydrogen) atoms. The zero-order chi connectivity index (χ0) is 15.6. The number of benzene rings is 1. The molecule has 0 aromatic heterocycles. The maximum Gasteiger partial charge on any atom is 0.402 e. The molecule has 8 heteroatoms. The Morgan fingerprint density at radius 3 is 2.55 bits per heavy atom. The molecular weight excluding hydrogens is 357 g/mol. The van der Waals surface area contributed by atoms with E-state index in [1.807, 2.05) is 0 Å². The van der Waals surface area contributed by atoms with Crippen LogP contribution in [0.25, 0.3) is 0 Å². The van der Waals surface area contributed by atoms with Crippen molar-refractivity contribution in [3.8, 4) is 0 Å². The Labute approximate surface area is 124 Å². The zero-order valence-corrected chi connectivity index (χ0v) is 13.5. The lowest BCUT2D eigenvalue weighted by Crippen LogP contribution is -2.19. The molecule has 0 amide bonds. The molecule has 0 saturated carbocycles. The summed E-state index contributed by atoms with van der Waals surface area (Å²) in [5.74, 6) is 0. The van der Waals surface area contributed by atoms with Crippen LogP contribution in [-0.4, -0.2) is 16.1 Å². The quantitative estimate of drug-likeness (QED) is 0.740. The molecule has 2 unspecified atom stereocenters. The van der Waals surface area contributed by atoms with Crippen molar-refractivity contribution in [1.82, 2.24) is 0 Å². The van der Waals surface area contributed by atoms with Crippen LogP contribution in [0.1, 0.15) is 31.4 Å². The van der Waals surface area contributed by atoms with Crippen molar-refractivity contribution in [1.29, 1.82) is 0 Å². The van der Waals surface area contributed by atoms with Crippen LogP contribution in [-0.2, 0) is 21.4 Å². The van der Waals surface area contributed by atoms with Gasteiger partial charge in [-0.3, -0.25) is 4.57 Å². The predicted octanol–water partition coefficient (Wildman–Crippen LogP) is 3.99. The largest absolute Gasteiger partial charge is 0.402 e. The topological polar surface area (TPSA) is 66.8 Å². The molecule has 1 aromatic rings. The highest BCUT2D eigenvalue weighted by Crippen LogP contribution is 2.64. The molecule has 0 aliphatic heterocycles. The normalized spacial score (nSPS) is 16.8. The summed E-state index contributed by atoms with van der Waals surface area (Å²) < 4.78 is 44.8. The van der Waals surface area contributed by atoms with Gasteiger partial charge in [0, 0.05) is 10.0 Å². The van der Waals surface area contributed by atoms with Gasteiger partial charge in [0.05, 0.1) is 12.7 Å². The molecule has 0 spiro atoms. The number of hydrogen-bond donors (Lipinski definition) is 2. The van der Waals surface area contributed by atoms with Crippen molar-refractivity contribution in [3.63, 3.8) is 0 Å². The summed E-state index contributed by atoms with van der Waals surface area (Å²) in [5, 5.41) is 8.93. The highest BCUT2D eigenvalue weighted by molar-refractivity contribution is 9.10. The molecule has 2 atom stereocenters. The van der Waals surface area contributed by atoms with Gasteiger partial charge in [-0.05, 0) is 25.0 Å². The molecule has 0 heterocycles. The van der Waals surface area contributed by atoms with Gasteiger partial charge in [0.2, 0.25) is 0 Å². The Bertz CT molecular complexity index is 524. The van der Waals surface area contributed by atoms with Crippen LogP contribution in [0.2, 0.25) is 0 Å². The average molecular weight is 373 g/mol. The summed E-state index contributed by atoms with van der Waals surface area (Å²) in [6.45, 7) is 2.79. The zero-order valence-electron chi connectivity index (χ0n) is 11.0. The fourth-order valence-electron chi connectivity index (χ4n) is 1.44. The maximum atomic E-state index is 14.2. The van der Waals surface area contributed by atoms with Crippen LogP contribution in [0.3, 0.4) is 0 Å². The molecule has 1 aromatic carbocycles. The van der Waals surface area contributed by atoms with Crippen molar-refractivity contribution in [3.05, 3.63) is 33.8 Å². The number of rotatable bonds is 6. The number of alkyl halides is 2. The molecular formula is C12H16BrF2O4P. The molecule has 114 valence electrons. The third kappa shape index (κ3) is 3.65. The van der Waals surface area contributed by atoms with Crippen LogP contribution < -0.4 is 0 Å². The van der Waals surface area contributed by atoms with Gasteiger partial charge in [-0.15, -0.1) is 0 Å². The standard InChI is InChI=1S/C12H16BrF2O4P/c1-3-8(2)19-20(17,18)12(14,15)10-5-4-9(7-16)6-11(10)13/h4-6,8,16H,3,7H2,1-2H3,(H,17,18). The van der Waals surface area contributed by atoms with Gasteiger partial charge in [-0.1, -0.05) is 35.0 Å². The second-order valence-corrected chi connectivity index (χ2v) is 7.03. The van der Waals surface area contributed by atoms with Crippen molar-refractivity contribution < 1.29 is 27.9 Å². The minimum Gasteiger partial charge on any atom is -0.392 e. The molecule has 0 radical (unpaired) electrons. The highest BCUT2D eigenvalue weighted by atomic mass is 79.9. The monoisotopic (exact) mass is 372 g/mol. The summed E-state index contributed by atoms with van der Waals surface area (Å²) in [7, 11) is -5.17. The van der Waals surface area contributed by atoms with Crippen LogP contribution in [0, 0.1) is 0 Å². The van der Waals surface area contributed by atoms with Gasteiger partial charge >= 0.3 is 13.3 Å². The second-order valence-electron chi connectivity index (χ2n) is 4.36. The van der Waals surface area contributed by atoms with Gasteiger partial charge in [-0.25, -0.2) is 0 Å². The van der Waals surface area contributed by atoms with Crippen molar-refractivity contribution in [2.24, 2.45) is 0 Å². The molecule has 4 nitrogen and oxygen atoms in total. The van der Waals surface area contributed by atoms with Gasteiger partial charge in [0.1, 0.15) is 0 Å². The Kier molecular flexibility index (Phi) is 5.87. The van der Waals surface area contributed by atoms with E-state index in [-0.39, 0.29) is 11.1 Å². The van der Waals surface area contributed by atoms with Crippen molar-refractivity contribution in [2.45, 2.75) is 38.6 Å². The molecule has 0 aliphatic carbocycles. The number of halogens is 3. The minimum atomic E-state index is -5.17. The van der Waals surface area contributed by atoms with E-state index in [2.05, 4.69) is 20.5 Å². The number of aliphatic hydroxyl groups excluding tert-OH is 1. The van der Waals surface area contributed by atoms with Crippen LogP contribution in [0.5, 0.6) is 0 Å². The summed E-state index contributed by atoms with van der Waals surface area (Å²) in [4.78, 5) is 9.56. The van der Waals surface area contributed by atoms with Gasteiger partial charge in [0.25, 0.3) is 0 Å². The Morgan fingerprint density at radius 2 is 2.10 bits per heavy atom. The molecule has 2 N–H and O–H groups in total. The van der Waals surface area contributed by atoms with Gasteiger partial charge in [0.15, 0.2) is 0 Å². The second kappa shape index (κ2) is 6.62. The van der Waals surface area contributed by atoms with Crippen molar-refractivity contribution >= 4 is 23.5 Å². The van der Waals surface area contributed by atoms with E-state index in [1.165, 1.54) is 19.1 Å². The van der Waals surface area contributed by atoms with E-state index in [4.69, 9.17) is 5.11 Å². The summed E-state index contributed by atoms with van der Waals surface area (Å²) in [6, 6.07) is 3.53. The highest BCUT2D eigenvalue weighted by Gasteiger charge is 2.54. The molecule has 0 bridgehead atoms. The SMILES string of the molecule is CCC(C)OP(=O)(O)C(F)(F)c1ccc(CO)cc1Br. The first-order valence-corrected chi connectivity index (χ1v) is 8.31. The summed E-state index contributed by atoms with van der Waals surface area (Å²) in [6.07, 6.45) is -0.419. The van der Waals surface area contributed by atoms with Crippen LogP contribution >= 0.6 is 23.5 Å². The lowest BCUT2D eigenvalue weighted by atomic mass is 10.1. The van der Waals surface area contributed by atoms with E-state index < -0.39 is 24.9 Å². The Hall–Kier alpha value is -0.330. The van der Waals surface area contributed by atoms with Gasteiger partial charge < -0.3 is 14.5 Å².